The van der Waals surface area contributed by atoms with Crippen molar-refractivity contribution >= 4 is 11.6 Å². The molecule has 10 heavy (non-hydrogen) atoms. The minimum Gasteiger partial charge on any atom is -0.0892 e. The predicted molar refractivity (Wildman–Crippen MR) is 44.0 cm³/mol. The highest BCUT2D eigenvalue weighted by Crippen LogP contribution is 2.45. The second kappa shape index (κ2) is 2.58. The summed E-state index contributed by atoms with van der Waals surface area (Å²) in [6.45, 7) is 0. The Balaban J connectivity index is 2.04. The number of hydrogen-bond donors (Lipinski definition) is 0. The van der Waals surface area contributed by atoms with Crippen molar-refractivity contribution in [3.63, 3.8) is 0 Å². The second-order valence-electron chi connectivity index (χ2n) is 3.46. The molecule has 1 unspecified atom stereocenters. The molecule has 0 spiro atoms. The molecule has 0 aromatic rings. The highest BCUT2D eigenvalue weighted by atomic mass is 35.5. The topological polar surface area (TPSA) is 0 Å². The van der Waals surface area contributed by atoms with Gasteiger partial charge < -0.3 is 0 Å². The molecular weight excluding hydrogens is 144 g/mol. The number of hydrogen-bond acceptors (Lipinski definition) is 0. The third-order valence-electron chi connectivity index (χ3n) is 2.60. The van der Waals surface area contributed by atoms with Gasteiger partial charge >= 0.3 is 0 Å². The molecule has 0 radical (unpaired) electrons. The molecule has 0 nitrogen and oxygen atoms in total. The molecule has 0 N–H and O–H groups in total. The Bertz CT molecular complexity index is 156. The van der Waals surface area contributed by atoms with E-state index in [-0.39, 0.29) is 0 Å². The van der Waals surface area contributed by atoms with Gasteiger partial charge in [-0.15, -0.1) is 0 Å². The van der Waals surface area contributed by atoms with E-state index in [1.54, 1.807) is 0 Å². The molecule has 2 aliphatic carbocycles. The van der Waals surface area contributed by atoms with Crippen LogP contribution in [0.5, 0.6) is 0 Å². The molecule has 0 aromatic heterocycles. The van der Waals surface area contributed by atoms with Gasteiger partial charge in [-0.1, -0.05) is 17.7 Å². The third-order valence-corrected chi connectivity index (χ3v) is 3.04. The van der Waals surface area contributed by atoms with Gasteiger partial charge in [0, 0.05) is 5.03 Å². The molecule has 0 bridgehead atoms. The van der Waals surface area contributed by atoms with Crippen LogP contribution in [-0.4, -0.2) is 0 Å². The van der Waals surface area contributed by atoms with E-state index < -0.39 is 0 Å². The molecule has 0 saturated heterocycles. The maximum Gasteiger partial charge on any atom is 0.0174 e. The lowest BCUT2D eigenvalue weighted by atomic mass is 9.91. The standard InChI is InChI=1S/C9H13Cl/c10-9-4-2-1-3-8(9)7-5-6-7/h4,7-8H,1-3,5-6H2. The van der Waals surface area contributed by atoms with Crippen LogP contribution in [-0.2, 0) is 0 Å². The van der Waals surface area contributed by atoms with E-state index in [0.717, 1.165) is 16.9 Å². The summed E-state index contributed by atoms with van der Waals surface area (Å²) >= 11 is 6.08. The van der Waals surface area contributed by atoms with Crippen molar-refractivity contribution < 1.29 is 0 Å². The molecule has 2 aliphatic rings. The summed E-state index contributed by atoms with van der Waals surface area (Å²) in [5.74, 6) is 1.72. The van der Waals surface area contributed by atoms with Gasteiger partial charge in [0.1, 0.15) is 0 Å². The van der Waals surface area contributed by atoms with Crippen LogP contribution >= 0.6 is 11.6 Å². The fourth-order valence-corrected chi connectivity index (χ4v) is 2.22. The summed E-state index contributed by atoms with van der Waals surface area (Å²) in [6, 6.07) is 0. The minimum absolute atomic E-state index is 0.760. The lowest BCUT2D eigenvalue weighted by Gasteiger charge is -2.18. The van der Waals surface area contributed by atoms with Gasteiger partial charge in [-0.05, 0) is 43.9 Å². The Labute approximate surface area is 67.3 Å². The highest BCUT2D eigenvalue weighted by Gasteiger charge is 2.33. The van der Waals surface area contributed by atoms with Crippen LogP contribution in [0.3, 0.4) is 0 Å². The summed E-state index contributed by atoms with van der Waals surface area (Å²) in [5.41, 5.74) is 0. The molecule has 1 heteroatoms. The number of rotatable bonds is 1. The Hall–Kier alpha value is 0.0300. The van der Waals surface area contributed by atoms with Gasteiger partial charge in [0.2, 0.25) is 0 Å². The summed E-state index contributed by atoms with van der Waals surface area (Å²) < 4.78 is 0. The van der Waals surface area contributed by atoms with Crippen LogP contribution in [0, 0.1) is 11.8 Å². The molecule has 1 fully saturated rings. The summed E-state index contributed by atoms with van der Waals surface area (Å²) in [4.78, 5) is 0. The van der Waals surface area contributed by atoms with E-state index in [1.165, 1.54) is 32.1 Å². The molecule has 56 valence electrons. The monoisotopic (exact) mass is 156 g/mol. The zero-order valence-corrected chi connectivity index (χ0v) is 6.90. The predicted octanol–water partition coefficient (Wildman–Crippen LogP) is 3.32. The molecular formula is C9H13Cl. The maximum atomic E-state index is 6.08. The summed E-state index contributed by atoms with van der Waals surface area (Å²) in [7, 11) is 0. The molecule has 0 heterocycles. The zero-order valence-electron chi connectivity index (χ0n) is 6.15. The van der Waals surface area contributed by atoms with Crippen LogP contribution in [0.1, 0.15) is 32.1 Å². The van der Waals surface area contributed by atoms with Gasteiger partial charge in [0.25, 0.3) is 0 Å². The van der Waals surface area contributed by atoms with Crippen LogP contribution in [0.4, 0.5) is 0 Å². The largest absolute Gasteiger partial charge is 0.0892 e. The molecule has 1 atom stereocenters. The number of allylic oxidation sites excluding steroid dienone is 2. The lowest BCUT2D eigenvalue weighted by Crippen LogP contribution is -2.06. The van der Waals surface area contributed by atoms with Gasteiger partial charge in [0.15, 0.2) is 0 Å². The number of halogens is 1. The highest BCUT2D eigenvalue weighted by molar-refractivity contribution is 6.29. The minimum atomic E-state index is 0.760. The van der Waals surface area contributed by atoms with Crippen molar-refractivity contribution in [3.05, 3.63) is 11.1 Å². The van der Waals surface area contributed by atoms with Crippen molar-refractivity contribution in [2.45, 2.75) is 32.1 Å². The first kappa shape index (κ1) is 6.72. The normalized spacial score (nSPS) is 33.7. The maximum absolute atomic E-state index is 6.08. The fraction of sp³-hybridized carbons (Fsp3) is 0.778. The Kier molecular flexibility index (Phi) is 1.73. The summed E-state index contributed by atoms with van der Waals surface area (Å²) in [5, 5.41) is 1.16. The fourth-order valence-electron chi connectivity index (χ4n) is 1.83. The molecule has 2 rings (SSSR count). The van der Waals surface area contributed by atoms with Crippen molar-refractivity contribution in [3.8, 4) is 0 Å². The van der Waals surface area contributed by atoms with Crippen LogP contribution in [0.2, 0.25) is 0 Å². The molecule has 1 saturated carbocycles. The quantitative estimate of drug-likeness (QED) is 0.547. The van der Waals surface area contributed by atoms with Crippen molar-refractivity contribution in [2.75, 3.05) is 0 Å². The van der Waals surface area contributed by atoms with E-state index in [9.17, 15) is 0 Å². The van der Waals surface area contributed by atoms with Crippen molar-refractivity contribution in [1.82, 2.24) is 0 Å². The van der Waals surface area contributed by atoms with E-state index in [4.69, 9.17) is 11.6 Å². The van der Waals surface area contributed by atoms with E-state index in [1.807, 2.05) is 0 Å². The van der Waals surface area contributed by atoms with Crippen LogP contribution in [0.15, 0.2) is 11.1 Å². The Morgan fingerprint density at radius 2 is 2.10 bits per heavy atom. The molecule has 0 aromatic carbocycles. The lowest BCUT2D eigenvalue weighted by molar-refractivity contribution is 0.477. The Morgan fingerprint density at radius 3 is 2.70 bits per heavy atom. The average Bonchev–Trinajstić information content (AvgIpc) is 2.71. The van der Waals surface area contributed by atoms with Gasteiger partial charge in [-0.2, -0.15) is 0 Å². The molecule has 0 aliphatic heterocycles. The van der Waals surface area contributed by atoms with E-state index >= 15 is 0 Å². The smallest absolute Gasteiger partial charge is 0.0174 e. The molecule has 0 amide bonds. The Morgan fingerprint density at radius 1 is 1.30 bits per heavy atom. The van der Waals surface area contributed by atoms with Gasteiger partial charge in [-0.3, -0.25) is 0 Å². The van der Waals surface area contributed by atoms with Gasteiger partial charge in [-0.25, -0.2) is 0 Å². The van der Waals surface area contributed by atoms with Crippen LogP contribution in [0.25, 0.3) is 0 Å². The first-order valence-electron chi connectivity index (χ1n) is 4.23. The zero-order chi connectivity index (χ0) is 6.97. The summed E-state index contributed by atoms with van der Waals surface area (Å²) in [6.07, 6.45) is 8.98. The van der Waals surface area contributed by atoms with Crippen molar-refractivity contribution in [2.24, 2.45) is 11.8 Å². The first-order chi connectivity index (χ1) is 4.88. The SMILES string of the molecule is ClC1=CCCCC1C1CC1. The van der Waals surface area contributed by atoms with Crippen molar-refractivity contribution in [1.29, 1.82) is 0 Å². The van der Waals surface area contributed by atoms with Crippen LogP contribution < -0.4 is 0 Å². The first-order valence-corrected chi connectivity index (χ1v) is 4.61. The third kappa shape index (κ3) is 1.22. The van der Waals surface area contributed by atoms with E-state index in [2.05, 4.69) is 6.08 Å². The average molecular weight is 157 g/mol. The van der Waals surface area contributed by atoms with E-state index in [0.29, 0.717) is 0 Å². The van der Waals surface area contributed by atoms with Gasteiger partial charge in [0.05, 0.1) is 0 Å². The second-order valence-corrected chi connectivity index (χ2v) is 3.90.